The number of nitrogens with one attached hydrogen (secondary N) is 1. The fourth-order valence-corrected chi connectivity index (χ4v) is 3.76. The summed E-state index contributed by atoms with van der Waals surface area (Å²) in [6.07, 6.45) is 6.68. The zero-order chi connectivity index (χ0) is 15.5. The molecule has 0 radical (unpaired) electrons. The second kappa shape index (κ2) is 7.15. The number of rotatable bonds is 3. The normalized spacial score (nSPS) is 25.4. The van der Waals surface area contributed by atoms with Crippen molar-refractivity contribution < 1.29 is 0 Å². The second-order valence-electron chi connectivity index (χ2n) is 7.71. The second-order valence-corrected chi connectivity index (χ2v) is 8.15. The molecule has 1 aromatic rings. The summed E-state index contributed by atoms with van der Waals surface area (Å²) in [5, 5.41) is 4.64. The maximum absolute atomic E-state index is 6.10. The van der Waals surface area contributed by atoms with Crippen LogP contribution >= 0.6 is 11.6 Å². The van der Waals surface area contributed by atoms with E-state index >= 15 is 0 Å². The summed E-state index contributed by atoms with van der Waals surface area (Å²) in [4.78, 5) is 0. The van der Waals surface area contributed by atoms with E-state index in [1.54, 1.807) is 0 Å². The predicted octanol–water partition coefficient (Wildman–Crippen LogP) is 5.99. The monoisotopic (exact) mass is 307 g/mol. The van der Waals surface area contributed by atoms with Crippen molar-refractivity contribution in [3.05, 3.63) is 34.9 Å². The van der Waals surface area contributed by atoms with Crippen LogP contribution in [0.5, 0.6) is 0 Å². The molecule has 1 fully saturated rings. The first-order valence-corrected chi connectivity index (χ1v) is 8.75. The molecule has 0 amide bonds. The van der Waals surface area contributed by atoms with Gasteiger partial charge < -0.3 is 5.32 Å². The lowest BCUT2D eigenvalue weighted by molar-refractivity contribution is 0.213. The molecule has 0 aliphatic heterocycles. The lowest BCUT2D eigenvalue weighted by Gasteiger charge is -2.30. The van der Waals surface area contributed by atoms with Crippen LogP contribution in [0.3, 0.4) is 0 Å². The molecule has 21 heavy (non-hydrogen) atoms. The number of hydrogen-bond donors (Lipinski definition) is 1. The lowest BCUT2D eigenvalue weighted by atomic mass is 9.76. The summed E-state index contributed by atoms with van der Waals surface area (Å²) in [7, 11) is 0. The molecular weight excluding hydrogens is 278 g/mol. The van der Waals surface area contributed by atoms with Crippen LogP contribution < -0.4 is 5.32 Å². The summed E-state index contributed by atoms with van der Waals surface area (Å²) in [5.74, 6) is 0.866. The van der Waals surface area contributed by atoms with Crippen LogP contribution in [0.15, 0.2) is 24.3 Å². The molecule has 1 aromatic carbocycles. The molecule has 1 aliphatic carbocycles. The van der Waals surface area contributed by atoms with Crippen LogP contribution in [0, 0.1) is 11.3 Å². The molecule has 2 heteroatoms. The Labute approximate surface area is 135 Å². The van der Waals surface area contributed by atoms with Crippen molar-refractivity contribution >= 4 is 11.6 Å². The molecule has 0 bridgehead atoms. The van der Waals surface area contributed by atoms with Crippen molar-refractivity contribution in [2.24, 2.45) is 11.3 Å². The Morgan fingerprint density at radius 3 is 2.57 bits per heavy atom. The van der Waals surface area contributed by atoms with Gasteiger partial charge in [0, 0.05) is 17.1 Å². The first kappa shape index (κ1) is 16.8. The molecule has 1 saturated carbocycles. The molecule has 0 heterocycles. The average Bonchev–Trinajstić information content (AvgIpc) is 2.64. The highest BCUT2D eigenvalue weighted by Crippen LogP contribution is 2.37. The maximum Gasteiger partial charge on any atom is 0.0409 e. The Hall–Kier alpha value is -0.530. The zero-order valence-electron chi connectivity index (χ0n) is 14.0. The van der Waals surface area contributed by atoms with Gasteiger partial charge in [0.2, 0.25) is 0 Å². The summed E-state index contributed by atoms with van der Waals surface area (Å²) in [5.41, 5.74) is 1.74. The molecule has 118 valence electrons. The third-order valence-electron chi connectivity index (χ3n) is 5.03. The highest BCUT2D eigenvalue weighted by atomic mass is 35.5. The van der Waals surface area contributed by atoms with Gasteiger partial charge >= 0.3 is 0 Å². The van der Waals surface area contributed by atoms with Gasteiger partial charge in [-0.15, -0.1) is 0 Å². The van der Waals surface area contributed by atoms with Gasteiger partial charge in [0.1, 0.15) is 0 Å². The molecule has 2 unspecified atom stereocenters. The number of halogens is 1. The fraction of sp³-hybridized carbons (Fsp3) is 0.684. The van der Waals surface area contributed by atoms with Gasteiger partial charge in [0.25, 0.3) is 0 Å². The van der Waals surface area contributed by atoms with Crippen LogP contribution in [0.1, 0.15) is 71.4 Å². The van der Waals surface area contributed by atoms with E-state index in [0.29, 0.717) is 17.5 Å². The number of benzene rings is 1. The van der Waals surface area contributed by atoms with E-state index in [-0.39, 0.29) is 0 Å². The topological polar surface area (TPSA) is 12.0 Å². The molecule has 0 saturated heterocycles. The predicted molar refractivity (Wildman–Crippen MR) is 92.8 cm³/mol. The van der Waals surface area contributed by atoms with Crippen molar-refractivity contribution in [3.63, 3.8) is 0 Å². The minimum atomic E-state index is 0.375. The van der Waals surface area contributed by atoms with E-state index in [1.165, 1.54) is 37.7 Å². The third-order valence-corrected chi connectivity index (χ3v) is 5.26. The molecule has 2 rings (SSSR count). The van der Waals surface area contributed by atoms with Gasteiger partial charge in [-0.2, -0.15) is 0 Å². The van der Waals surface area contributed by atoms with Gasteiger partial charge in [-0.1, -0.05) is 50.9 Å². The van der Waals surface area contributed by atoms with E-state index in [4.69, 9.17) is 11.6 Å². The van der Waals surface area contributed by atoms with Crippen LogP contribution in [-0.2, 0) is 0 Å². The standard InChI is InChI=1S/C19H30ClN/c1-14(15-7-5-9-17(20)13-15)21-18-10-6-8-16(11-12-18)19(2,3)4/h5,7,9,13-14,16,18,21H,6,8,10-12H2,1-4H3/t14-,16?,18?/m1/s1. The summed E-state index contributed by atoms with van der Waals surface area (Å²) >= 11 is 6.10. The van der Waals surface area contributed by atoms with E-state index < -0.39 is 0 Å². The largest absolute Gasteiger partial charge is 0.307 e. The van der Waals surface area contributed by atoms with Gasteiger partial charge in [0.05, 0.1) is 0 Å². The van der Waals surface area contributed by atoms with Gasteiger partial charge in [-0.05, 0) is 61.6 Å². The third kappa shape index (κ3) is 5.00. The van der Waals surface area contributed by atoms with E-state index in [1.807, 2.05) is 12.1 Å². The van der Waals surface area contributed by atoms with Gasteiger partial charge in [0.15, 0.2) is 0 Å². The highest BCUT2D eigenvalue weighted by Gasteiger charge is 2.28. The Morgan fingerprint density at radius 2 is 1.90 bits per heavy atom. The van der Waals surface area contributed by atoms with E-state index in [9.17, 15) is 0 Å². The summed E-state index contributed by atoms with van der Waals surface area (Å²) in [6, 6.07) is 9.24. The van der Waals surface area contributed by atoms with Crippen LogP contribution in [0.2, 0.25) is 5.02 Å². The van der Waals surface area contributed by atoms with E-state index in [2.05, 4.69) is 45.1 Å². The Morgan fingerprint density at radius 1 is 1.14 bits per heavy atom. The Bertz CT molecular complexity index is 449. The average molecular weight is 308 g/mol. The van der Waals surface area contributed by atoms with Crippen molar-refractivity contribution in [1.82, 2.24) is 5.32 Å². The molecule has 0 spiro atoms. The smallest absolute Gasteiger partial charge is 0.0409 e. The maximum atomic E-state index is 6.10. The van der Waals surface area contributed by atoms with Gasteiger partial charge in [-0.3, -0.25) is 0 Å². The first-order valence-electron chi connectivity index (χ1n) is 8.38. The molecule has 1 N–H and O–H groups in total. The SMILES string of the molecule is C[C@@H](NC1CCCC(C(C)(C)C)CC1)c1cccc(Cl)c1. The molecule has 3 atom stereocenters. The quantitative estimate of drug-likeness (QED) is 0.677. The fourth-order valence-electron chi connectivity index (χ4n) is 3.56. The highest BCUT2D eigenvalue weighted by molar-refractivity contribution is 6.30. The van der Waals surface area contributed by atoms with E-state index in [0.717, 1.165) is 10.9 Å². The summed E-state index contributed by atoms with van der Waals surface area (Å²) in [6.45, 7) is 9.41. The van der Waals surface area contributed by atoms with Crippen LogP contribution in [-0.4, -0.2) is 6.04 Å². The minimum Gasteiger partial charge on any atom is -0.307 e. The van der Waals surface area contributed by atoms with Crippen molar-refractivity contribution in [3.8, 4) is 0 Å². The molecule has 0 aromatic heterocycles. The number of hydrogen-bond acceptors (Lipinski definition) is 1. The lowest BCUT2D eigenvalue weighted by Crippen LogP contribution is -2.31. The minimum absolute atomic E-state index is 0.375. The first-order chi connectivity index (χ1) is 9.86. The van der Waals surface area contributed by atoms with Gasteiger partial charge in [-0.25, -0.2) is 0 Å². The van der Waals surface area contributed by atoms with Crippen molar-refractivity contribution in [1.29, 1.82) is 0 Å². The zero-order valence-corrected chi connectivity index (χ0v) is 14.7. The Balaban J connectivity index is 1.91. The Kier molecular flexibility index (Phi) is 5.73. The van der Waals surface area contributed by atoms with Crippen LogP contribution in [0.25, 0.3) is 0 Å². The molecule has 1 aliphatic rings. The summed E-state index contributed by atoms with van der Waals surface area (Å²) < 4.78 is 0. The van der Waals surface area contributed by atoms with Crippen molar-refractivity contribution in [2.75, 3.05) is 0 Å². The molecular formula is C19H30ClN. The van der Waals surface area contributed by atoms with Crippen molar-refractivity contribution in [2.45, 2.75) is 71.9 Å². The van der Waals surface area contributed by atoms with Crippen LogP contribution in [0.4, 0.5) is 0 Å². The molecule has 1 nitrogen and oxygen atoms in total.